The predicted octanol–water partition coefficient (Wildman–Crippen LogP) is 3.00. The SMILES string of the molecule is [CH]1C=CC=C1.[V].c1ccccc1. The van der Waals surface area contributed by atoms with Gasteiger partial charge in [-0.2, -0.15) is 0 Å². The molecule has 1 aliphatic rings. The van der Waals surface area contributed by atoms with Crippen molar-refractivity contribution < 1.29 is 18.6 Å². The Labute approximate surface area is 85.9 Å². The molecule has 60 valence electrons. The molecule has 0 nitrogen and oxygen atoms in total. The van der Waals surface area contributed by atoms with Gasteiger partial charge in [-0.3, -0.25) is 0 Å². The monoisotopic (exact) mass is 194 g/mol. The number of benzene rings is 1. The fourth-order valence-electron chi connectivity index (χ4n) is 0.706. The Hall–Kier alpha value is -0.716. The molecule has 0 bridgehead atoms. The largest absolute Gasteiger partial charge is 0.0767 e. The normalized spacial score (nSPS) is 11.3. The van der Waals surface area contributed by atoms with Gasteiger partial charge < -0.3 is 0 Å². The Morgan fingerprint density at radius 3 is 0.917 bits per heavy atom. The molecule has 0 saturated heterocycles. The molecule has 1 heteroatoms. The topological polar surface area (TPSA) is 0 Å². The Kier molecular flexibility index (Phi) is 7.88. The van der Waals surface area contributed by atoms with Gasteiger partial charge in [-0.05, 0) is 0 Å². The van der Waals surface area contributed by atoms with Gasteiger partial charge in [0.25, 0.3) is 0 Å². The van der Waals surface area contributed by atoms with E-state index in [2.05, 4.69) is 0 Å². The van der Waals surface area contributed by atoms with Crippen LogP contribution < -0.4 is 0 Å². The summed E-state index contributed by atoms with van der Waals surface area (Å²) in [6.07, 6.45) is 10.0. The van der Waals surface area contributed by atoms with Crippen molar-refractivity contribution in [2.45, 2.75) is 0 Å². The zero-order valence-electron chi connectivity index (χ0n) is 6.80. The zero-order valence-corrected chi connectivity index (χ0v) is 8.19. The maximum absolute atomic E-state index is 2.00. The van der Waals surface area contributed by atoms with E-state index in [0.29, 0.717) is 0 Å². The molecule has 0 atom stereocenters. The van der Waals surface area contributed by atoms with Crippen molar-refractivity contribution in [3.8, 4) is 0 Å². The molecule has 0 fully saturated rings. The van der Waals surface area contributed by atoms with Gasteiger partial charge in [-0.25, -0.2) is 0 Å². The maximum atomic E-state index is 2.00. The molecule has 0 aliphatic heterocycles. The van der Waals surface area contributed by atoms with Crippen LogP contribution in [-0.2, 0) is 18.6 Å². The van der Waals surface area contributed by atoms with Crippen LogP contribution in [0.2, 0.25) is 0 Å². The van der Waals surface area contributed by atoms with Crippen LogP contribution in [0.3, 0.4) is 0 Å². The van der Waals surface area contributed by atoms with Gasteiger partial charge in [0.2, 0.25) is 0 Å². The third-order valence-corrected chi connectivity index (χ3v) is 1.22. The fourth-order valence-corrected chi connectivity index (χ4v) is 0.706. The molecular formula is C11H11V. The van der Waals surface area contributed by atoms with Crippen molar-refractivity contribution in [3.05, 3.63) is 67.1 Å². The molecule has 1 aromatic carbocycles. The molecule has 2 radical (unpaired) electrons. The minimum Gasteiger partial charge on any atom is -0.0767 e. The second-order valence-corrected chi connectivity index (χ2v) is 2.12. The summed E-state index contributed by atoms with van der Waals surface area (Å²) < 4.78 is 0. The van der Waals surface area contributed by atoms with E-state index in [0.717, 1.165) is 0 Å². The van der Waals surface area contributed by atoms with Crippen molar-refractivity contribution in [1.29, 1.82) is 0 Å². The van der Waals surface area contributed by atoms with Gasteiger partial charge in [0.1, 0.15) is 0 Å². The standard InChI is InChI=1S/C6H6.C5H5.V/c1-2-4-6-5-3-1;1-2-4-5-3-1;/h1-6H;1-5H;. The Morgan fingerprint density at radius 1 is 0.417 bits per heavy atom. The molecule has 1 aromatic rings. The van der Waals surface area contributed by atoms with Crippen LogP contribution in [0.4, 0.5) is 0 Å². The van der Waals surface area contributed by atoms with Crippen LogP contribution in [0.5, 0.6) is 0 Å². The second kappa shape index (κ2) is 8.38. The summed E-state index contributed by atoms with van der Waals surface area (Å²) in [5.74, 6) is 0. The van der Waals surface area contributed by atoms with Gasteiger partial charge >= 0.3 is 0 Å². The van der Waals surface area contributed by atoms with Crippen LogP contribution in [-0.4, -0.2) is 0 Å². The van der Waals surface area contributed by atoms with E-state index in [1.807, 2.05) is 67.1 Å². The summed E-state index contributed by atoms with van der Waals surface area (Å²) in [5, 5.41) is 0. The van der Waals surface area contributed by atoms with Crippen LogP contribution in [0, 0.1) is 6.42 Å². The van der Waals surface area contributed by atoms with Crippen molar-refractivity contribution in [3.63, 3.8) is 0 Å². The van der Waals surface area contributed by atoms with Gasteiger partial charge in [-0.15, -0.1) is 0 Å². The summed E-state index contributed by atoms with van der Waals surface area (Å²) in [6.45, 7) is 0. The van der Waals surface area contributed by atoms with E-state index in [1.165, 1.54) is 0 Å². The Bertz CT molecular complexity index is 187. The van der Waals surface area contributed by atoms with E-state index in [-0.39, 0.29) is 18.6 Å². The van der Waals surface area contributed by atoms with E-state index < -0.39 is 0 Å². The average Bonchev–Trinajstić information content (AvgIpc) is 2.64. The third kappa shape index (κ3) is 6.02. The zero-order chi connectivity index (χ0) is 7.78. The molecule has 1 aliphatic carbocycles. The smallest absolute Gasteiger partial charge is 0.00506 e. The van der Waals surface area contributed by atoms with E-state index in [1.54, 1.807) is 0 Å². The first-order chi connectivity index (χ1) is 5.50. The summed E-state index contributed by atoms with van der Waals surface area (Å²) in [4.78, 5) is 0. The quantitative estimate of drug-likeness (QED) is 0.595. The number of allylic oxidation sites excluding steroid dienone is 4. The first kappa shape index (κ1) is 11.3. The van der Waals surface area contributed by atoms with Crippen LogP contribution in [0.25, 0.3) is 0 Å². The summed E-state index contributed by atoms with van der Waals surface area (Å²) in [5.41, 5.74) is 0. The predicted molar refractivity (Wildman–Crippen MR) is 49.0 cm³/mol. The molecule has 0 N–H and O–H groups in total. The Balaban J connectivity index is 0.000000189. The molecule has 0 saturated carbocycles. The maximum Gasteiger partial charge on any atom is 0.00506 e. The number of hydrogen-bond acceptors (Lipinski definition) is 0. The van der Waals surface area contributed by atoms with Gasteiger partial charge in [-0.1, -0.05) is 60.7 Å². The summed E-state index contributed by atoms with van der Waals surface area (Å²) in [6, 6.07) is 12.0. The average molecular weight is 194 g/mol. The molecule has 12 heavy (non-hydrogen) atoms. The molecule has 0 spiro atoms. The van der Waals surface area contributed by atoms with Gasteiger partial charge in [0, 0.05) is 25.0 Å². The van der Waals surface area contributed by atoms with Gasteiger partial charge in [0.15, 0.2) is 0 Å². The van der Waals surface area contributed by atoms with Crippen molar-refractivity contribution >= 4 is 0 Å². The second-order valence-electron chi connectivity index (χ2n) is 2.12. The van der Waals surface area contributed by atoms with E-state index in [9.17, 15) is 0 Å². The van der Waals surface area contributed by atoms with Gasteiger partial charge in [0.05, 0.1) is 0 Å². The minimum atomic E-state index is 0. The third-order valence-electron chi connectivity index (χ3n) is 1.22. The minimum absolute atomic E-state index is 0. The molecular weight excluding hydrogens is 183 g/mol. The van der Waals surface area contributed by atoms with Crippen molar-refractivity contribution in [2.75, 3.05) is 0 Å². The Morgan fingerprint density at radius 2 is 0.750 bits per heavy atom. The summed E-state index contributed by atoms with van der Waals surface area (Å²) >= 11 is 0. The molecule has 0 aromatic heterocycles. The van der Waals surface area contributed by atoms with Crippen LogP contribution >= 0.6 is 0 Å². The number of rotatable bonds is 0. The summed E-state index contributed by atoms with van der Waals surface area (Å²) in [7, 11) is 0. The van der Waals surface area contributed by atoms with E-state index in [4.69, 9.17) is 0 Å². The van der Waals surface area contributed by atoms with Crippen LogP contribution in [0.15, 0.2) is 60.7 Å². The molecule has 0 unspecified atom stereocenters. The van der Waals surface area contributed by atoms with E-state index >= 15 is 0 Å². The number of hydrogen-bond donors (Lipinski definition) is 0. The molecule has 0 amide bonds. The fraction of sp³-hybridized carbons (Fsp3) is 0. The molecule has 0 heterocycles. The molecule has 2 rings (SSSR count). The van der Waals surface area contributed by atoms with Crippen molar-refractivity contribution in [1.82, 2.24) is 0 Å². The van der Waals surface area contributed by atoms with Crippen LogP contribution in [0.1, 0.15) is 0 Å². The van der Waals surface area contributed by atoms with Crippen molar-refractivity contribution in [2.24, 2.45) is 0 Å². The first-order valence-corrected chi connectivity index (χ1v) is 3.67. The first-order valence-electron chi connectivity index (χ1n) is 3.67.